The van der Waals surface area contributed by atoms with Crippen molar-refractivity contribution in [1.29, 1.82) is 0 Å². The molecule has 4 aliphatic rings. The molecule has 4 fully saturated rings. The fraction of sp³-hybridized carbons (Fsp3) is 0.667. The summed E-state index contributed by atoms with van der Waals surface area (Å²) in [7, 11) is -4.72. The molecular formula is C21H27F3N2O3S. The molecular weight excluding hydrogens is 417 g/mol. The molecule has 0 aliphatic heterocycles. The smallest absolute Gasteiger partial charge is 0.249 e. The second-order valence-electron chi connectivity index (χ2n) is 9.88. The molecule has 1 amide bonds. The number of sulfonamides is 1. The van der Waals surface area contributed by atoms with Crippen molar-refractivity contribution in [2.75, 3.05) is 0 Å². The van der Waals surface area contributed by atoms with Gasteiger partial charge in [-0.1, -0.05) is 0 Å². The van der Waals surface area contributed by atoms with Gasteiger partial charge in [-0.2, -0.15) is 4.31 Å². The number of hydrogen-bond acceptors (Lipinski definition) is 3. The lowest BCUT2D eigenvalue weighted by Crippen LogP contribution is -2.63. The molecule has 0 atom stereocenters. The number of carbonyl (C=O) groups excluding carboxylic acids is 1. The van der Waals surface area contributed by atoms with Crippen LogP contribution in [-0.2, 0) is 14.8 Å². The number of hydrogen-bond donors (Lipinski definition) is 1. The third-order valence-corrected chi connectivity index (χ3v) is 9.29. The maximum Gasteiger partial charge on any atom is 0.249 e. The van der Waals surface area contributed by atoms with E-state index >= 15 is 0 Å². The molecule has 30 heavy (non-hydrogen) atoms. The molecule has 1 aromatic carbocycles. The van der Waals surface area contributed by atoms with E-state index in [1.165, 1.54) is 0 Å². The lowest BCUT2D eigenvalue weighted by Gasteiger charge is -2.59. The standard InChI is InChI=1S/C21H27F3N2O3S/c1-21(2,10-18(25)27)26(19-13-4-11-3-12(6-13)7-14(19)5-11)30(28,29)20-16(23)8-15(22)9-17(20)24/h8-9,11-14,19H,3-7,10H2,1-2H3,(H2,25,27). The number of nitrogens with two attached hydrogens (primary N) is 1. The van der Waals surface area contributed by atoms with Crippen molar-refractivity contribution in [3.8, 4) is 0 Å². The first kappa shape index (κ1) is 21.6. The fourth-order valence-electron chi connectivity index (χ4n) is 6.55. The van der Waals surface area contributed by atoms with Gasteiger partial charge in [-0.05, 0) is 69.6 Å². The number of nitrogens with zero attached hydrogens (tertiary/aromatic N) is 1. The van der Waals surface area contributed by atoms with Gasteiger partial charge in [0.2, 0.25) is 15.9 Å². The van der Waals surface area contributed by atoms with E-state index in [9.17, 15) is 26.4 Å². The molecule has 0 heterocycles. The third-order valence-electron chi connectivity index (χ3n) is 7.13. The summed E-state index contributed by atoms with van der Waals surface area (Å²) in [6.45, 7) is 3.11. The van der Waals surface area contributed by atoms with Crippen LogP contribution in [0.25, 0.3) is 0 Å². The highest BCUT2D eigenvalue weighted by Gasteiger charge is 2.56. The van der Waals surface area contributed by atoms with E-state index in [-0.39, 0.29) is 18.3 Å². The molecule has 4 saturated carbocycles. The molecule has 5 nitrogen and oxygen atoms in total. The number of amides is 1. The Morgan fingerprint density at radius 2 is 1.50 bits per heavy atom. The molecule has 0 saturated heterocycles. The Morgan fingerprint density at radius 3 is 1.93 bits per heavy atom. The molecule has 4 aliphatic carbocycles. The first-order valence-electron chi connectivity index (χ1n) is 10.4. The Balaban J connectivity index is 1.85. The predicted molar refractivity (Wildman–Crippen MR) is 104 cm³/mol. The fourth-order valence-corrected chi connectivity index (χ4v) is 8.73. The minimum absolute atomic E-state index is 0.0646. The summed E-state index contributed by atoms with van der Waals surface area (Å²) < 4.78 is 71.1. The molecule has 5 rings (SSSR count). The summed E-state index contributed by atoms with van der Waals surface area (Å²) in [5.41, 5.74) is 4.10. The van der Waals surface area contributed by atoms with Crippen LogP contribution >= 0.6 is 0 Å². The molecule has 0 spiro atoms. The predicted octanol–water partition coefficient (Wildman–Crippen LogP) is 3.57. The molecule has 9 heteroatoms. The van der Waals surface area contributed by atoms with Crippen LogP contribution < -0.4 is 5.73 Å². The highest BCUT2D eigenvalue weighted by atomic mass is 32.2. The van der Waals surface area contributed by atoms with E-state index in [0.29, 0.717) is 24.0 Å². The van der Waals surface area contributed by atoms with Gasteiger partial charge >= 0.3 is 0 Å². The van der Waals surface area contributed by atoms with Crippen molar-refractivity contribution in [2.45, 2.75) is 68.8 Å². The molecule has 0 radical (unpaired) electrons. The molecule has 2 N–H and O–H groups in total. The Morgan fingerprint density at radius 1 is 1.03 bits per heavy atom. The normalized spacial score (nSPS) is 30.8. The third kappa shape index (κ3) is 3.53. The number of benzene rings is 1. The van der Waals surface area contributed by atoms with E-state index in [0.717, 1.165) is 36.4 Å². The van der Waals surface area contributed by atoms with Crippen LogP contribution in [0.3, 0.4) is 0 Å². The average Bonchev–Trinajstić information content (AvgIpc) is 2.54. The van der Waals surface area contributed by atoms with Gasteiger partial charge < -0.3 is 5.73 Å². The highest BCUT2D eigenvalue weighted by molar-refractivity contribution is 7.89. The average molecular weight is 445 g/mol. The number of halogens is 3. The second kappa shape index (κ2) is 7.22. The molecule has 166 valence electrons. The lowest BCUT2D eigenvalue weighted by atomic mass is 9.54. The van der Waals surface area contributed by atoms with E-state index in [1.54, 1.807) is 13.8 Å². The van der Waals surface area contributed by atoms with Crippen LogP contribution in [0.4, 0.5) is 13.2 Å². The lowest BCUT2D eigenvalue weighted by molar-refractivity contribution is -0.121. The molecule has 4 bridgehead atoms. The van der Waals surface area contributed by atoms with E-state index < -0.39 is 49.9 Å². The van der Waals surface area contributed by atoms with Gasteiger partial charge in [0.15, 0.2) is 4.90 Å². The quantitative estimate of drug-likeness (QED) is 0.728. The van der Waals surface area contributed by atoms with Gasteiger partial charge in [0.05, 0.1) is 0 Å². The van der Waals surface area contributed by atoms with E-state index in [1.807, 2.05) is 0 Å². The van der Waals surface area contributed by atoms with Crippen molar-refractivity contribution < 1.29 is 26.4 Å². The minimum Gasteiger partial charge on any atom is -0.370 e. The van der Waals surface area contributed by atoms with Crippen molar-refractivity contribution in [1.82, 2.24) is 4.31 Å². The Hall–Kier alpha value is -1.61. The number of rotatable bonds is 6. The van der Waals surface area contributed by atoms with Crippen LogP contribution in [0.5, 0.6) is 0 Å². The maximum atomic E-state index is 14.6. The molecule has 1 aromatic rings. The number of primary amides is 1. The maximum absolute atomic E-state index is 14.6. The SMILES string of the molecule is CC(C)(CC(N)=O)N(C1C2CC3CC(C2)CC1C3)S(=O)(=O)c1c(F)cc(F)cc1F. The Bertz CT molecular complexity index is 929. The second-order valence-corrected chi connectivity index (χ2v) is 11.6. The molecule has 0 aromatic heterocycles. The van der Waals surface area contributed by atoms with Crippen LogP contribution in [-0.4, -0.2) is 30.2 Å². The summed E-state index contributed by atoms with van der Waals surface area (Å²) in [5, 5.41) is 0. The summed E-state index contributed by atoms with van der Waals surface area (Å²) in [6, 6.07) is 0.263. The summed E-state index contributed by atoms with van der Waals surface area (Å²) in [5.74, 6) is -3.62. The zero-order valence-electron chi connectivity index (χ0n) is 17.1. The van der Waals surface area contributed by atoms with Crippen LogP contribution in [0.15, 0.2) is 17.0 Å². The topological polar surface area (TPSA) is 80.5 Å². The summed E-state index contributed by atoms with van der Waals surface area (Å²) in [6.07, 6.45) is 4.32. The van der Waals surface area contributed by atoms with Crippen LogP contribution in [0.2, 0.25) is 0 Å². The molecule has 0 unspecified atom stereocenters. The summed E-state index contributed by atoms with van der Waals surface area (Å²) in [4.78, 5) is 10.6. The Labute approximate surface area is 174 Å². The van der Waals surface area contributed by atoms with Gasteiger partial charge in [0, 0.05) is 30.1 Å². The largest absolute Gasteiger partial charge is 0.370 e. The minimum atomic E-state index is -4.72. The van der Waals surface area contributed by atoms with Gasteiger partial charge in [-0.25, -0.2) is 21.6 Å². The van der Waals surface area contributed by atoms with Gasteiger partial charge in [0.25, 0.3) is 0 Å². The highest BCUT2D eigenvalue weighted by Crippen LogP contribution is 2.57. The zero-order valence-corrected chi connectivity index (χ0v) is 17.9. The zero-order chi connectivity index (χ0) is 22.0. The van der Waals surface area contributed by atoms with Crippen molar-refractivity contribution in [2.24, 2.45) is 29.4 Å². The summed E-state index contributed by atoms with van der Waals surface area (Å²) >= 11 is 0. The van der Waals surface area contributed by atoms with E-state index in [4.69, 9.17) is 5.73 Å². The van der Waals surface area contributed by atoms with Crippen LogP contribution in [0, 0.1) is 41.1 Å². The van der Waals surface area contributed by atoms with Gasteiger partial charge in [0.1, 0.15) is 17.5 Å². The van der Waals surface area contributed by atoms with E-state index in [2.05, 4.69) is 0 Å². The van der Waals surface area contributed by atoms with Crippen LogP contribution in [0.1, 0.15) is 52.4 Å². The van der Waals surface area contributed by atoms with Crippen molar-refractivity contribution in [3.05, 3.63) is 29.6 Å². The van der Waals surface area contributed by atoms with Crippen molar-refractivity contribution >= 4 is 15.9 Å². The number of carbonyl (C=O) groups is 1. The first-order valence-corrected chi connectivity index (χ1v) is 11.8. The van der Waals surface area contributed by atoms with Crippen molar-refractivity contribution in [3.63, 3.8) is 0 Å². The Kier molecular flexibility index (Phi) is 5.20. The monoisotopic (exact) mass is 444 g/mol. The first-order chi connectivity index (χ1) is 13.9. The van der Waals surface area contributed by atoms with Gasteiger partial charge in [-0.15, -0.1) is 0 Å². The van der Waals surface area contributed by atoms with Gasteiger partial charge in [-0.3, -0.25) is 4.79 Å².